The van der Waals surface area contributed by atoms with E-state index in [1.165, 1.54) is 33.4 Å². The number of nitrogens with zero attached hydrogens (tertiary/aromatic N) is 2. The molecule has 2 aromatic carbocycles. The summed E-state index contributed by atoms with van der Waals surface area (Å²) in [6, 6.07) is 12.8. The van der Waals surface area contributed by atoms with Gasteiger partial charge in [-0.15, -0.1) is 0 Å². The Morgan fingerprint density at radius 1 is 1.11 bits per heavy atom. The second-order valence-corrected chi connectivity index (χ2v) is 9.62. The Balaban J connectivity index is 2.07. The van der Waals surface area contributed by atoms with Crippen LogP contribution >= 0.6 is 0 Å². The third-order valence-electron chi connectivity index (χ3n) is 5.35. The normalized spacial score (nSPS) is 11.5. The fourth-order valence-corrected chi connectivity index (χ4v) is 4.81. The van der Waals surface area contributed by atoms with Gasteiger partial charge in [0, 0.05) is 26.3 Å². The van der Waals surface area contributed by atoms with E-state index in [4.69, 9.17) is 15.2 Å². The molecule has 35 heavy (non-hydrogen) atoms. The van der Waals surface area contributed by atoms with E-state index in [1.54, 1.807) is 24.3 Å². The van der Waals surface area contributed by atoms with Crippen LogP contribution in [0.3, 0.4) is 0 Å². The summed E-state index contributed by atoms with van der Waals surface area (Å²) in [5.41, 5.74) is 4.39. The van der Waals surface area contributed by atoms with Gasteiger partial charge in [-0.3, -0.25) is 19.1 Å². The molecule has 186 valence electrons. The minimum Gasteiger partial charge on any atom is -0.495 e. The Hall–Kier alpha value is -3.74. The maximum atomic E-state index is 13.4. The van der Waals surface area contributed by atoms with E-state index in [1.807, 2.05) is 6.07 Å². The van der Waals surface area contributed by atoms with Gasteiger partial charge in [0.25, 0.3) is 5.56 Å². The molecule has 0 bridgehead atoms. The topological polar surface area (TPSA) is 154 Å². The van der Waals surface area contributed by atoms with Crippen LogP contribution < -0.4 is 21.7 Å². The summed E-state index contributed by atoms with van der Waals surface area (Å²) < 4.78 is 39.0. The molecule has 0 unspecified atom stereocenters. The quantitative estimate of drug-likeness (QED) is 0.387. The smallest absolute Gasteiger partial charge is 0.330 e. The van der Waals surface area contributed by atoms with Crippen molar-refractivity contribution in [1.29, 1.82) is 0 Å². The molecule has 0 fully saturated rings. The molecule has 0 saturated carbocycles. The first-order chi connectivity index (χ1) is 16.6. The van der Waals surface area contributed by atoms with Crippen LogP contribution in [0, 0.1) is 0 Å². The molecule has 3 rings (SSSR count). The van der Waals surface area contributed by atoms with Gasteiger partial charge in [-0.2, -0.15) is 4.31 Å². The average Bonchev–Trinajstić information content (AvgIpc) is 2.83. The Bertz CT molecular complexity index is 1450. The first-order valence-corrected chi connectivity index (χ1v) is 11.9. The zero-order valence-corrected chi connectivity index (χ0v) is 20.3. The largest absolute Gasteiger partial charge is 0.495 e. The highest BCUT2D eigenvalue weighted by atomic mass is 32.2. The number of hydrogen-bond donors (Lipinski definition) is 2. The van der Waals surface area contributed by atoms with Gasteiger partial charge in [0.1, 0.15) is 22.0 Å². The SMILES string of the molecule is COCCn1c(N)c(C(=O)c2ccc(OC)c(S(=O)(=O)N(C)Cc3ccccc3)c2)c(=O)[nH]c1=O. The van der Waals surface area contributed by atoms with E-state index >= 15 is 0 Å². The van der Waals surface area contributed by atoms with Crippen molar-refractivity contribution in [3.8, 4) is 5.75 Å². The van der Waals surface area contributed by atoms with Crippen molar-refractivity contribution in [2.24, 2.45) is 0 Å². The number of carbonyl (C=O) groups excluding carboxylic acids is 1. The number of anilines is 1. The number of nitrogen functional groups attached to an aromatic ring is 1. The minimum absolute atomic E-state index is 0.00471. The summed E-state index contributed by atoms with van der Waals surface area (Å²) in [5.74, 6) is -1.17. The molecule has 0 spiro atoms. The molecule has 0 aliphatic rings. The van der Waals surface area contributed by atoms with Gasteiger partial charge < -0.3 is 15.2 Å². The van der Waals surface area contributed by atoms with E-state index in [9.17, 15) is 22.8 Å². The average molecular weight is 503 g/mol. The molecular formula is C23H26N4O7S. The molecule has 1 heterocycles. The highest BCUT2D eigenvalue weighted by Crippen LogP contribution is 2.29. The van der Waals surface area contributed by atoms with E-state index in [0.717, 1.165) is 20.5 Å². The van der Waals surface area contributed by atoms with Gasteiger partial charge in [0.15, 0.2) is 0 Å². The lowest BCUT2D eigenvalue weighted by Crippen LogP contribution is -2.37. The van der Waals surface area contributed by atoms with Crippen LogP contribution in [0.1, 0.15) is 21.5 Å². The highest BCUT2D eigenvalue weighted by molar-refractivity contribution is 7.89. The van der Waals surface area contributed by atoms with E-state index in [2.05, 4.69) is 4.98 Å². The number of aromatic nitrogens is 2. The summed E-state index contributed by atoms with van der Waals surface area (Å²) >= 11 is 0. The van der Waals surface area contributed by atoms with Gasteiger partial charge in [-0.25, -0.2) is 13.2 Å². The van der Waals surface area contributed by atoms with Gasteiger partial charge in [0.2, 0.25) is 15.8 Å². The number of hydrogen-bond acceptors (Lipinski definition) is 8. The number of methoxy groups -OCH3 is 2. The summed E-state index contributed by atoms with van der Waals surface area (Å²) in [7, 11) is 0.0400. The number of H-pyrrole nitrogens is 1. The van der Waals surface area contributed by atoms with Crippen molar-refractivity contribution in [3.05, 3.63) is 86.1 Å². The third-order valence-corrected chi connectivity index (χ3v) is 7.17. The first kappa shape index (κ1) is 25.9. The Kier molecular flexibility index (Phi) is 7.89. The van der Waals surface area contributed by atoms with Crippen LogP contribution in [0.25, 0.3) is 0 Å². The lowest BCUT2D eigenvalue weighted by molar-refractivity contribution is 0.103. The monoisotopic (exact) mass is 502 g/mol. The second-order valence-electron chi connectivity index (χ2n) is 7.61. The number of ether oxygens (including phenoxy) is 2. The molecule has 0 aliphatic carbocycles. The second kappa shape index (κ2) is 10.7. The Labute approximate surface area is 201 Å². The van der Waals surface area contributed by atoms with Gasteiger partial charge >= 0.3 is 5.69 Å². The van der Waals surface area contributed by atoms with Crippen molar-refractivity contribution >= 4 is 21.6 Å². The van der Waals surface area contributed by atoms with Crippen LogP contribution in [0.2, 0.25) is 0 Å². The zero-order chi connectivity index (χ0) is 25.8. The molecule has 0 atom stereocenters. The maximum absolute atomic E-state index is 13.4. The molecule has 11 nitrogen and oxygen atoms in total. The maximum Gasteiger partial charge on any atom is 0.330 e. The lowest BCUT2D eigenvalue weighted by Gasteiger charge is -2.19. The fourth-order valence-electron chi connectivity index (χ4n) is 3.47. The molecule has 3 aromatic rings. The van der Waals surface area contributed by atoms with Crippen molar-refractivity contribution < 1.29 is 22.7 Å². The van der Waals surface area contributed by atoms with E-state index in [0.29, 0.717) is 0 Å². The van der Waals surface area contributed by atoms with Crippen LogP contribution in [-0.4, -0.2) is 55.9 Å². The number of sulfonamides is 1. The standard InChI is InChI=1S/C23H26N4O7S/c1-26(14-15-7-5-4-6-8-15)35(31,32)18-13-16(9-10-17(18)34-3)20(28)19-21(24)27(11-12-33-2)23(30)25-22(19)29/h4-10,13H,11-12,14,24H2,1-3H3,(H,25,29,30). The Morgan fingerprint density at radius 2 is 1.80 bits per heavy atom. The number of carbonyl (C=O) groups is 1. The number of aromatic amines is 1. The van der Waals surface area contributed by atoms with Crippen molar-refractivity contribution in [1.82, 2.24) is 13.9 Å². The third kappa shape index (κ3) is 5.34. The van der Waals surface area contributed by atoms with Crippen LogP contribution in [0.15, 0.2) is 63.0 Å². The summed E-state index contributed by atoms with van der Waals surface area (Å²) in [4.78, 5) is 39.7. The van der Waals surface area contributed by atoms with Crippen LogP contribution in [0.5, 0.6) is 5.75 Å². The van der Waals surface area contributed by atoms with Gasteiger partial charge in [-0.05, 0) is 23.8 Å². The number of benzene rings is 2. The first-order valence-electron chi connectivity index (χ1n) is 10.5. The van der Waals surface area contributed by atoms with Gasteiger partial charge in [0.05, 0.1) is 20.3 Å². The van der Waals surface area contributed by atoms with Crippen molar-refractivity contribution in [3.63, 3.8) is 0 Å². The van der Waals surface area contributed by atoms with Crippen LogP contribution in [-0.2, 0) is 27.8 Å². The molecule has 0 radical (unpaired) electrons. The predicted octanol–water partition coefficient (Wildman–Crippen LogP) is 0.826. The summed E-state index contributed by atoms with van der Waals surface area (Å²) in [6.07, 6.45) is 0. The molecule has 12 heteroatoms. The van der Waals surface area contributed by atoms with E-state index in [-0.39, 0.29) is 41.7 Å². The Morgan fingerprint density at radius 3 is 2.43 bits per heavy atom. The minimum atomic E-state index is -4.10. The zero-order valence-electron chi connectivity index (χ0n) is 19.5. The van der Waals surface area contributed by atoms with Crippen molar-refractivity contribution in [2.45, 2.75) is 18.0 Å². The predicted molar refractivity (Wildman–Crippen MR) is 129 cm³/mol. The molecule has 0 amide bonds. The van der Waals surface area contributed by atoms with E-state index < -0.39 is 32.6 Å². The summed E-state index contributed by atoms with van der Waals surface area (Å²) in [5, 5.41) is 0. The molecule has 3 N–H and O–H groups in total. The van der Waals surface area contributed by atoms with Crippen LogP contribution in [0.4, 0.5) is 5.82 Å². The highest BCUT2D eigenvalue weighted by Gasteiger charge is 2.28. The molecule has 1 aromatic heterocycles. The number of nitrogens with one attached hydrogen (secondary N) is 1. The molecule has 0 saturated heterocycles. The lowest BCUT2D eigenvalue weighted by atomic mass is 10.0. The molecule has 0 aliphatic heterocycles. The number of ketones is 1. The fraction of sp³-hybridized carbons (Fsp3) is 0.261. The van der Waals surface area contributed by atoms with Crippen molar-refractivity contribution in [2.75, 3.05) is 33.6 Å². The molecular weight excluding hydrogens is 476 g/mol. The number of nitrogens with two attached hydrogens (primary N) is 1. The summed E-state index contributed by atoms with van der Waals surface area (Å²) in [6.45, 7) is 0.203. The van der Waals surface area contributed by atoms with Gasteiger partial charge in [-0.1, -0.05) is 30.3 Å². The number of rotatable bonds is 10.